The Morgan fingerprint density at radius 2 is 1.80 bits per heavy atom. The average Bonchev–Trinajstić information content (AvgIpc) is 2.45. The number of rotatable bonds is 3. The van der Waals surface area contributed by atoms with Gasteiger partial charge in [0.25, 0.3) is 0 Å². The number of pyridine rings is 1. The Morgan fingerprint density at radius 1 is 1.15 bits per heavy atom. The number of halogens is 3. The van der Waals surface area contributed by atoms with E-state index < -0.39 is 0 Å². The summed E-state index contributed by atoms with van der Waals surface area (Å²) in [6, 6.07) is 12.8. The molecule has 0 saturated carbocycles. The topological polar surface area (TPSA) is 12.9 Å². The third-order valence-corrected chi connectivity index (χ3v) is 2.44. The fourth-order valence-corrected chi connectivity index (χ4v) is 1.63. The van der Waals surface area contributed by atoms with Gasteiger partial charge >= 0.3 is 16.0 Å². The molecule has 0 saturated heterocycles. The Kier molecular flexibility index (Phi) is 9.34. The van der Waals surface area contributed by atoms with Crippen LogP contribution in [0.25, 0.3) is 6.08 Å². The molecule has 0 fully saturated rings. The first-order chi connectivity index (χ1) is 9.71. The van der Waals surface area contributed by atoms with E-state index >= 15 is 0 Å². The summed E-state index contributed by atoms with van der Waals surface area (Å²) in [5.74, 6) is -0.268. The van der Waals surface area contributed by atoms with Gasteiger partial charge in [0, 0.05) is 6.42 Å². The number of hydrogen-bond acceptors (Lipinski definition) is 1. The Morgan fingerprint density at radius 3 is 2.40 bits per heavy atom. The van der Waals surface area contributed by atoms with Gasteiger partial charge in [-0.3, -0.25) is 30.8 Å². The van der Waals surface area contributed by atoms with Crippen LogP contribution in [0.1, 0.15) is 17.0 Å². The molecule has 20 heavy (non-hydrogen) atoms. The van der Waals surface area contributed by atoms with Crippen LogP contribution in [0.5, 0.6) is 0 Å². The van der Waals surface area contributed by atoms with Crippen molar-refractivity contribution in [1.82, 2.24) is 4.98 Å². The van der Waals surface area contributed by atoms with Crippen LogP contribution in [-0.4, -0.2) is 21.0 Å². The Labute approximate surface area is 141 Å². The summed E-state index contributed by atoms with van der Waals surface area (Å²) in [7, 11) is 0. The van der Waals surface area contributed by atoms with Gasteiger partial charge in [-0.05, 0) is 30.7 Å². The summed E-state index contributed by atoms with van der Waals surface area (Å²) in [5, 5.41) is 0. The molecule has 0 bridgehead atoms. The van der Waals surface area contributed by atoms with E-state index in [-0.39, 0.29) is 21.8 Å². The Balaban J connectivity index is 0.000000612. The molecule has 0 spiro atoms. The Hall–Kier alpha value is -0.234. The molecular formula is C15H13Br2FMgN. The van der Waals surface area contributed by atoms with Crippen molar-refractivity contribution in [2.75, 3.05) is 0 Å². The van der Waals surface area contributed by atoms with Gasteiger partial charge in [-0.15, -0.1) is 0 Å². The van der Waals surface area contributed by atoms with E-state index in [9.17, 15) is 4.39 Å². The molecule has 0 aliphatic rings. The molecule has 0 unspecified atom stereocenters. The van der Waals surface area contributed by atoms with Crippen LogP contribution in [-0.2, 0) is 6.42 Å². The summed E-state index contributed by atoms with van der Waals surface area (Å²) in [5.41, 5.74) is 2.24. The molecule has 0 N–H and O–H groups in total. The van der Waals surface area contributed by atoms with Crippen LogP contribution in [0.15, 0.2) is 48.5 Å². The van der Waals surface area contributed by atoms with Gasteiger partial charge in [-0.25, -0.2) is 4.39 Å². The smallest absolute Gasteiger partial charge is 0.280 e. The van der Waals surface area contributed by atoms with E-state index in [2.05, 4.69) is 37.7 Å². The molecule has 1 aromatic carbocycles. The second-order valence-corrected chi connectivity index (χ2v) is 11.9. The zero-order valence-corrected chi connectivity index (χ0v) is 15.5. The SMILES string of the molecule is [Br][Mg][Br].[CH2]C=Cc1ccc(F)c(Cc2ccccc2)n1. The van der Waals surface area contributed by atoms with Crippen LogP contribution >= 0.6 is 25.8 Å². The van der Waals surface area contributed by atoms with Crippen molar-refractivity contribution in [2.45, 2.75) is 6.42 Å². The molecule has 1 nitrogen and oxygen atoms in total. The minimum atomic E-state index is -0.268. The van der Waals surface area contributed by atoms with Gasteiger partial charge in [-0.2, -0.15) is 0 Å². The molecule has 0 aliphatic heterocycles. The van der Waals surface area contributed by atoms with Crippen LogP contribution in [0.2, 0.25) is 0 Å². The summed E-state index contributed by atoms with van der Waals surface area (Å²) in [6.45, 7) is 3.60. The minimum absolute atomic E-state index is 0.0417. The van der Waals surface area contributed by atoms with E-state index in [1.807, 2.05) is 30.3 Å². The van der Waals surface area contributed by atoms with Gasteiger partial charge in [0.15, 0.2) is 0 Å². The largest absolute Gasteiger partial charge is 0.560 e. The fraction of sp³-hybridized carbons (Fsp3) is 0.0667. The maximum atomic E-state index is 13.6. The lowest BCUT2D eigenvalue weighted by Crippen LogP contribution is -1.98. The third kappa shape index (κ3) is 6.48. The van der Waals surface area contributed by atoms with Gasteiger partial charge in [0.05, 0.1) is 11.4 Å². The molecule has 0 atom stereocenters. The van der Waals surface area contributed by atoms with Crippen LogP contribution in [0, 0.1) is 12.7 Å². The van der Waals surface area contributed by atoms with Crippen LogP contribution < -0.4 is 0 Å². The summed E-state index contributed by atoms with van der Waals surface area (Å²) < 4.78 is 13.6. The third-order valence-electron chi connectivity index (χ3n) is 2.44. The van der Waals surface area contributed by atoms with E-state index in [4.69, 9.17) is 0 Å². The maximum Gasteiger partial charge on any atom is 0.560 e. The van der Waals surface area contributed by atoms with E-state index in [0.29, 0.717) is 12.1 Å². The first kappa shape index (κ1) is 17.8. The normalized spacial score (nSPS) is 9.80. The minimum Gasteiger partial charge on any atom is -0.280 e. The molecule has 0 amide bonds. The van der Waals surface area contributed by atoms with Gasteiger partial charge in [0.2, 0.25) is 0 Å². The zero-order valence-electron chi connectivity index (χ0n) is 10.9. The first-order valence-corrected chi connectivity index (χ1v) is 13.8. The standard InChI is InChI=1S/C15H13FN.2BrH.Mg/c1-2-6-13-9-10-14(16)15(17-13)11-12-7-4-3-5-8-12;;;/h2-10H,1,11H2;2*1H;/q;;;+2/p-2. The number of hydrogen-bond donors (Lipinski definition) is 0. The van der Waals surface area contributed by atoms with Gasteiger partial charge < -0.3 is 0 Å². The second kappa shape index (κ2) is 10.5. The highest BCUT2D eigenvalue weighted by Crippen LogP contribution is 2.12. The van der Waals surface area contributed by atoms with E-state index in [1.54, 1.807) is 18.2 Å². The van der Waals surface area contributed by atoms with Crippen molar-refractivity contribution in [3.8, 4) is 0 Å². The van der Waals surface area contributed by atoms with Crippen molar-refractivity contribution in [2.24, 2.45) is 0 Å². The van der Waals surface area contributed by atoms with Crippen LogP contribution in [0.3, 0.4) is 0 Å². The van der Waals surface area contributed by atoms with E-state index in [0.717, 1.165) is 11.3 Å². The molecule has 1 heterocycles. The maximum absolute atomic E-state index is 13.6. The molecule has 0 aliphatic carbocycles. The molecule has 2 aromatic rings. The average molecular weight is 410 g/mol. The fourth-order valence-electron chi connectivity index (χ4n) is 1.63. The van der Waals surface area contributed by atoms with Crippen molar-refractivity contribution < 1.29 is 4.39 Å². The zero-order chi connectivity index (χ0) is 14.8. The highest BCUT2D eigenvalue weighted by molar-refractivity contribution is 9.47. The number of benzene rings is 1. The molecule has 101 valence electrons. The molecule has 5 heteroatoms. The highest BCUT2D eigenvalue weighted by atomic mass is 79.9. The predicted molar refractivity (Wildman–Crippen MR) is 91.4 cm³/mol. The summed E-state index contributed by atoms with van der Waals surface area (Å²) in [4.78, 5) is 4.26. The highest BCUT2D eigenvalue weighted by Gasteiger charge is 2.05. The lowest BCUT2D eigenvalue weighted by atomic mass is 10.1. The van der Waals surface area contributed by atoms with Gasteiger partial charge in [0.1, 0.15) is 5.82 Å². The number of aromatic nitrogens is 1. The lowest BCUT2D eigenvalue weighted by Gasteiger charge is -2.04. The predicted octanol–water partition coefficient (Wildman–Crippen LogP) is 4.97. The molecule has 1 radical (unpaired) electrons. The second-order valence-electron chi connectivity index (χ2n) is 3.83. The van der Waals surface area contributed by atoms with Crippen molar-refractivity contribution in [3.05, 3.63) is 78.2 Å². The lowest BCUT2D eigenvalue weighted by molar-refractivity contribution is 0.603. The summed E-state index contributed by atoms with van der Waals surface area (Å²) >= 11 is 6.44. The summed E-state index contributed by atoms with van der Waals surface area (Å²) in [6.07, 6.45) is 3.91. The van der Waals surface area contributed by atoms with Crippen LogP contribution in [0.4, 0.5) is 4.39 Å². The Bertz CT molecular complexity index is 547. The number of allylic oxidation sites excluding steroid dienone is 1. The quantitative estimate of drug-likeness (QED) is 0.652. The van der Waals surface area contributed by atoms with Crippen molar-refractivity contribution in [1.29, 1.82) is 0 Å². The van der Waals surface area contributed by atoms with E-state index in [1.165, 1.54) is 6.07 Å². The first-order valence-electron chi connectivity index (χ1n) is 5.98. The molecule has 1 aromatic heterocycles. The van der Waals surface area contributed by atoms with Crippen molar-refractivity contribution >= 4 is 47.9 Å². The molecule has 2 rings (SSSR count). The van der Waals surface area contributed by atoms with Gasteiger partial charge in [-0.1, -0.05) is 36.4 Å². The monoisotopic (exact) mass is 408 g/mol. The number of nitrogens with zero attached hydrogens (tertiary/aromatic N) is 1. The molecular weight excluding hydrogens is 397 g/mol. The van der Waals surface area contributed by atoms with Crippen molar-refractivity contribution in [3.63, 3.8) is 0 Å².